The lowest BCUT2D eigenvalue weighted by atomic mass is 9.91. The molecular formula is C44H45F6N5O. The molecule has 12 heteroatoms. The number of aryl methyl sites for hydroxylation is 4. The van der Waals surface area contributed by atoms with Crippen LogP contribution in [0.2, 0.25) is 0 Å². The molecule has 0 bridgehead atoms. The summed E-state index contributed by atoms with van der Waals surface area (Å²) in [7, 11) is 0. The maximum absolute atomic E-state index is 13.5. The van der Waals surface area contributed by atoms with Gasteiger partial charge in [0.1, 0.15) is 17.4 Å². The number of rotatable bonds is 10. The predicted molar refractivity (Wildman–Crippen MR) is 206 cm³/mol. The lowest BCUT2D eigenvalue weighted by Crippen LogP contribution is -2.40. The minimum atomic E-state index is -4.48. The van der Waals surface area contributed by atoms with E-state index in [1.165, 1.54) is 59.6 Å². The number of carbonyl (C=O) groups excluding carboxylic acids is 1. The summed E-state index contributed by atoms with van der Waals surface area (Å²) in [6.45, 7) is 0.955. The number of nitrogens with one attached hydrogen (secondary N) is 1. The summed E-state index contributed by atoms with van der Waals surface area (Å²) in [6.07, 6.45) is 3.74. The van der Waals surface area contributed by atoms with Gasteiger partial charge in [-0.25, -0.2) is 0 Å². The molecule has 2 aliphatic carbocycles. The number of pyridine rings is 2. The Morgan fingerprint density at radius 1 is 0.661 bits per heavy atom. The maximum atomic E-state index is 13.5. The van der Waals surface area contributed by atoms with Gasteiger partial charge in [0.15, 0.2) is 0 Å². The van der Waals surface area contributed by atoms with E-state index in [1.807, 2.05) is 36.4 Å². The van der Waals surface area contributed by atoms with Crippen LogP contribution < -0.4 is 16.0 Å². The number of hydrogen-bond acceptors (Lipinski definition) is 5. The highest BCUT2D eigenvalue weighted by atomic mass is 19.4. The highest BCUT2D eigenvalue weighted by Gasteiger charge is 2.33. The molecule has 3 aromatic carbocycles. The van der Waals surface area contributed by atoms with Gasteiger partial charge in [0, 0.05) is 36.9 Å². The molecule has 56 heavy (non-hydrogen) atoms. The van der Waals surface area contributed by atoms with Gasteiger partial charge >= 0.3 is 12.4 Å². The van der Waals surface area contributed by atoms with Gasteiger partial charge in [-0.05, 0) is 140 Å². The molecular weight excluding hydrogens is 729 g/mol. The van der Waals surface area contributed by atoms with Crippen LogP contribution in [-0.2, 0) is 55.7 Å². The molecule has 0 spiro atoms. The normalized spacial score (nSPS) is 14.4. The average molecular weight is 774 g/mol. The third kappa shape index (κ3) is 10.7. The SMILES string of the molecule is FC(F)(F)c1ccc(CCNc2ccc3c(c2)CCCC3)cn1.N[C@H](C(=O)N(CCc1ccc(C(F)(F)F)nc1)c1ccc2c(c1)CCCC2)c1ccccc1. The molecule has 0 aliphatic heterocycles. The number of nitrogens with zero attached hydrogens (tertiary/aromatic N) is 3. The number of benzene rings is 3. The van der Waals surface area contributed by atoms with Crippen molar-refractivity contribution >= 4 is 17.3 Å². The summed E-state index contributed by atoms with van der Waals surface area (Å²) < 4.78 is 75.8. The molecule has 1 amide bonds. The molecule has 6 nitrogen and oxygen atoms in total. The number of amides is 1. The lowest BCUT2D eigenvalue weighted by Gasteiger charge is -2.28. The maximum Gasteiger partial charge on any atom is 0.433 e. The van der Waals surface area contributed by atoms with Gasteiger partial charge in [-0.15, -0.1) is 0 Å². The van der Waals surface area contributed by atoms with Crippen molar-refractivity contribution in [2.24, 2.45) is 5.73 Å². The van der Waals surface area contributed by atoms with Crippen molar-refractivity contribution in [3.63, 3.8) is 0 Å². The van der Waals surface area contributed by atoms with Crippen LogP contribution in [0.4, 0.5) is 37.7 Å². The van der Waals surface area contributed by atoms with E-state index in [2.05, 4.69) is 45.6 Å². The van der Waals surface area contributed by atoms with Crippen molar-refractivity contribution in [3.8, 4) is 0 Å². The van der Waals surface area contributed by atoms with E-state index in [4.69, 9.17) is 5.73 Å². The Labute approximate surface area is 323 Å². The third-order valence-corrected chi connectivity index (χ3v) is 10.3. The second-order valence-electron chi connectivity index (χ2n) is 14.3. The van der Waals surface area contributed by atoms with Crippen LogP contribution in [0.5, 0.6) is 0 Å². The van der Waals surface area contributed by atoms with E-state index in [0.29, 0.717) is 30.5 Å². The van der Waals surface area contributed by atoms with Crippen LogP contribution in [0.3, 0.4) is 0 Å². The van der Waals surface area contributed by atoms with Crippen molar-refractivity contribution in [2.45, 2.75) is 82.6 Å². The minimum Gasteiger partial charge on any atom is -0.385 e. The number of carbonyl (C=O) groups is 1. The van der Waals surface area contributed by atoms with E-state index in [-0.39, 0.29) is 12.5 Å². The standard InChI is InChI=1S/C26H26F3N3O.C18H19F3N2/c27-26(28,29)23-13-10-18(17-31-23)14-15-32(25(33)24(30)20-7-2-1-3-8-20)22-12-11-19-6-4-5-9-21(19)16-22;19-18(20,21)17-8-5-13(12-23-17)9-10-22-16-7-6-14-3-1-2-4-15(14)11-16/h1-3,7-8,10-13,16-17,24H,4-6,9,14-15,30H2;5-8,11-12,22H,1-4,9-10H2/t24-;/m0./s1. The second kappa shape index (κ2) is 18.1. The van der Waals surface area contributed by atoms with Crippen molar-refractivity contribution < 1.29 is 31.1 Å². The van der Waals surface area contributed by atoms with Crippen LogP contribution in [0.25, 0.3) is 0 Å². The minimum absolute atomic E-state index is 0.253. The molecule has 2 aliphatic rings. The monoisotopic (exact) mass is 773 g/mol. The number of nitrogens with two attached hydrogens (primary N) is 1. The first-order valence-corrected chi connectivity index (χ1v) is 19.0. The van der Waals surface area contributed by atoms with Crippen LogP contribution in [0, 0.1) is 0 Å². The highest BCUT2D eigenvalue weighted by Crippen LogP contribution is 2.30. The van der Waals surface area contributed by atoms with Gasteiger partial charge in [-0.2, -0.15) is 26.3 Å². The molecule has 0 radical (unpaired) electrons. The first-order valence-electron chi connectivity index (χ1n) is 19.0. The molecule has 0 saturated carbocycles. The molecule has 0 fully saturated rings. The van der Waals surface area contributed by atoms with Gasteiger partial charge in [-0.3, -0.25) is 14.8 Å². The van der Waals surface area contributed by atoms with E-state index >= 15 is 0 Å². The molecule has 5 aromatic rings. The molecule has 7 rings (SSSR count). The summed E-state index contributed by atoms with van der Waals surface area (Å²) in [6, 6.07) is 25.7. The topological polar surface area (TPSA) is 84.1 Å². The lowest BCUT2D eigenvalue weighted by molar-refractivity contribution is -0.142. The number of halogens is 6. The quantitative estimate of drug-likeness (QED) is 0.138. The molecule has 0 unspecified atom stereocenters. The first-order chi connectivity index (χ1) is 26.8. The fourth-order valence-corrected chi connectivity index (χ4v) is 7.14. The Bertz CT molecular complexity index is 2050. The smallest absolute Gasteiger partial charge is 0.385 e. The Kier molecular flexibility index (Phi) is 13.1. The van der Waals surface area contributed by atoms with Gasteiger partial charge in [0.05, 0.1) is 0 Å². The van der Waals surface area contributed by atoms with Crippen molar-refractivity contribution in [1.29, 1.82) is 0 Å². The first kappa shape index (κ1) is 40.4. The number of hydrogen-bond donors (Lipinski definition) is 2. The number of alkyl halides is 6. The van der Waals surface area contributed by atoms with Crippen LogP contribution in [0.15, 0.2) is 103 Å². The summed E-state index contributed by atoms with van der Waals surface area (Å²) in [5.41, 5.74) is 13.9. The zero-order valence-electron chi connectivity index (χ0n) is 31.0. The van der Waals surface area contributed by atoms with Gasteiger partial charge in [-0.1, -0.05) is 54.6 Å². The van der Waals surface area contributed by atoms with Gasteiger partial charge in [0.2, 0.25) is 5.91 Å². The van der Waals surface area contributed by atoms with Crippen molar-refractivity contribution in [2.75, 3.05) is 23.3 Å². The van der Waals surface area contributed by atoms with Crippen molar-refractivity contribution in [1.82, 2.24) is 9.97 Å². The van der Waals surface area contributed by atoms with E-state index in [0.717, 1.165) is 67.6 Å². The van der Waals surface area contributed by atoms with Crippen LogP contribution in [-0.4, -0.2) is 29.0 Å². The summed E-state index contributed by atoms with van der Waals surface area (Å²) in [5, 5.41) is 3.34. The molecule has 0 saturated heterocycles. The Balaban J connectivity index is 0.000000202. The highest BCUT2D eigenvalue weighted by molar-refractivity contribution is 5.97. The van der Waals surface area contributed by atoms with Crippen LogP contribution >= 0.6 is 0 Å². The summed E-state index contributed by atoms with van der Waals surface area (Å²) in [4.78, 5) is 22.1. The zero-order valence-corrected chi connectivity index (χ0v) is 31.0. The number of fused-ring (bicyclic) bond motifs is 2. The van der Waals surface area contributed by atoms with Crippen molar-refractivity contribution in [3.05, 3.63) is 154 Å². The Morgan fingerprint density at radius 2 is 1.20 bits per heavy atom. The fraction of sp³-hybridized carbons (Fsp3) is 0.341. The average Bonchev–Trinajstić information content (AvgIpc) is 3.21. The molecule has 3 N–H and O–H groups in total. The van der Waals surface area contributed by atoms with Crippen LogP contribution in [0.1, 0.15) is 82.1 Å². The second-order valence-corrected chi connectivity index (χ2v) is 14.3. The molecule has 294 valence electrons. The Morgan fingerprint density at radius 3 is 1.75 bits per heavy atom. The van der Waals surface area contributed by atoms with E-state index < -0.39 is 29.8 Å². The molecule has 1 atom stereocenters. The number of anilines is 2. The third-order valence-electron chi connectivity index (χ3n) is 10.3. The van der Waals surface area contributed by atoms with E-state index in [9.17, 15) is 31.1 Å². The van der Waals surface area contributed by atoms with Gasteiger partial charge in [0.25, 0.3) is 0 Å². The molecule has 2 heterocycles. The number of aromatic nitrogens is 2. The molecule has 2 aromatic heterocycles. The largest absolute Gasteiger partial charge is 0.433 e. The fourth-order valence-electron chi connectivity index (χ4n) is 7.14. The summed E-state index contributed by atoms with van der Waals surface area (Å²) in [5.74, 6) is -0.253. The van der Waals surface area contributed by atoms with E-state index in [1.54, 1.807) is 4.90 Å². The summed E-state index contributed by atoms with van der Waals surface area (Å²) >= 11 is 0. The van der Waals surface area contributed by atoms with Gasteiger partial charge < -0.3 is 16.0 Å². The Hall–Kier alpha value is -5.23. The zero-order chi connectivity index (χ0) is 39.7. The predicted octanol–water partition coefficient (Wildman–Crippen LogP) is 9.89.